The molecule has 0 amide bonds. The Balaban J connectivity index is 2.28. The van der Waals surface area contributed by atoms with E-state index in [1.165, 1.54) is 12.1 Å². The molecule has 0 saturated carbocycles. The molecule has 5 heteroatoms. The van der Waals surface area contributed by atoms with Gasteiger partial charge in [-0.2, -0.15) is 0 Å². The van der Waals surface area contributed by atoms with E-state index in [1.807, 2.05) is 37.4 Å². The highest BCUT2D eigenvalue weighted by atomic mass is 35.5. The highest BCUT2D eigenvalue weighted by Crippen LogP contribution is 2.32. The third-order valence-corrected chi connectivity index (χ3v) is 4.40. The van der Waals surface area contributed by atoms with E-state index in [1.54, 1.807) is 11.8 Å². The fraction of sp³-hybridized carbons (Fsp3) is 0.200. The van der Waals surface area contributed by atoms with Crippen molar-refractivity contribution in [3.05, 3.63) is 57.8 Å². The van der Waals surface area contributed by atoms with E-state index in [2.05, 4.69) is 5.32 Å². The van der Waals surface area contributed by atoms with Crippen LogP contribution in [0.3, 0.4) is 0 Å². The van der Waals surface area contributed by atoms with Gasteiger partial charge in [0.05, 0.1) is 11.1 Å². The molecule has 0 aliphatic carbocycles. The topological polar surface area (TPSA) is 12.0 Å². The average molecular weight is 330 g/mol. The molecule has 2 rings (SSSR count). The standard InChI is InChI=1S/C15H14Cl2FNS/c1-9(10-7-13(18)12(17)8-11(10)16)19-14-5-3-4-6-15(14)20-2/h3-9,19H,1-2H3. The second kappa shape index (κ2) is 6.70. The second-order valence-corrected chi connectivity index (χ2v) is 6.02. The minimum Gasteiger partial charge on any atom is -0.378 e. The molecule has 0 radical (unpaired) electrons. The predicted molar refractivity (Wildman–Crippen MR) is 86.7 cm³/mol. The summed E-state index contributed by atoms with van der Waals surface area (Å²) in [5.74, 6) is -0.460. The number of para-hydroxylation sites is 1. The molecule has 20 heavy (non-hydrogen) atoms. The highest BCUT2D eigenvalue weighted by molar-refractivity contribution is 7.98. The third-order valence-electron chi connectivity index (χ3n) is 2.99. The molecule has 1 N–H and O–H groups in total. The first-order valence-corrected chi connectivity index (χ1v) is 8.05. The number of anilines is 1. The molecule has 1 unspecified atom stereocenters. The summed E-state index contributed by atoms with van der Waals surface area (Å²) in [4.78, 5) is 1.13. The zero-order valence-electron chi connectivity index (χ0n) is 11.1. The van der Waals surface area contributed by atoms with Gasteiger partial charge in [-0.25, -0.2) is 4.39 Å². The number of nitrogens with one attached hydrogen (secondary N) is 1. The van der Waals surface area contributed by atoms with Crippen LogP contribution in [-0.2, 0) is 0 Å². The van der Waals surface area contributed by atoms with Gasteiger partial charge in [-0.1, -0.05) is 35.3 Å². The van der Waals surface area contributed by atoms with Gasteiger partial charge < -0.3 is 5.32 Å². The summed E-state index contributed by atoms with van der Waals surface area (Å²) in [5.41, 5.74) is 1.68. The van der Waals surface area contributed by atoms with Crippen LogP contribution >= 0.6 is 35.0 Å². The smallest absolute Gasteiger partial charge is 0.142 e. The normalized spacial score (nSPS) is 12.2. The SMILES string of the molecule is CSc1ccccc1NC(C)c1cc(F)c(Cl)cc1Cl. The van der Waals surface area contributed by atoms with Crippen LogP contribution in [0.5, 0.6) is 0 Å². The second-order valence-electron chi connectivity index (χ2n) is 4.35. The van der Waals surface area contributed by atoms with Crippen molar-refractivity contribution < 1.29 is 4.39 Å². The van der Waals surface area contributed by atoms with Crippen molar-refractivity contribution in [1.29, 1.82) is 0 Å². The molecular formula is C15H14Cl2FNS. The Bertz CT molecular complexity index is 619. The first kappa shape index (κ1) is 15.5. The van der Waals surface area contributed by atoms with Gasteiger partial charge in [0.2, 0.25) is 0 Å². The average Bonchev–Trinajstić information content (AvgIpc) is 2.43. The molecule has 0 bridgehead atoms. The third kappa shape index (κ3) is 3.40. The molecule has 0 spiro atoms. The Morgan fingerprint density at radius 2 is 1.85 bits per heavy atom. The summed E-state index contributed by atoms with van der Waals surface area (Å²) < 4.78 is 13.6. The van der Waals surface area contributed by atoms with Crippen LogP contribution in [0, 0.1) is 5.82 Å². The lowest BCUT2D eigenvalue weighted by molar-refractivity contribution is 0.624. The molecule has 0 heterocycles. The minimum atomic E-state index is -0.460. The van der Waals surface area contributed by atoms with Crippen LogP contribution < -0.4 is 5.32 Å². The summed E-state index contributed by atoms with van der Waals surface area (Å²) in [5, 5.41) is 3.84. The summed E-state index contributed by atoms with van der Waals surface area (Å²) in [6.45, 7) is 1.94. The van der Waals surface area contributed by atoms with E-state index in [0.29, 0.717) is 10.6 Å². The Hall–Kier alpha value is -0.900. The van der Waals surface area contributed by atoms with E-state index in [0.717, 1.165) is 10.6 Å². The van der Waals surface area contributed by atoms with Gasteiger partial charge in [0.1, 0.15) is 5.82 Å². The minimum absolute atomic E-state index is 0.0375. The fourth-order valence-corrected chi connectivity index (χ4v) is 3.05. The van der Waals surface area contributed by atoms with Gasteiger partial charge in [-0.05, 0) is 43.0 Å². The van der Waals surface area contributed by atoms with Gasteiger partial charge in [0, 0.05) is 15.6 Å². The number of halogens is 3. The van der Waals surface area contributed by atoms with E-state index in [4.69, 9.17) is 23.2 Å². The monoisotopic (exact) mass is 329 g/mol. The van der Waals surface area contributed by atoms with Crippen molar-refractivity contribution in [2.24, 2.45) is 0 Å². The zero-order chi connectivity index (χ0) is 14.7. The van der Waals surface area contributed by atoms with Crippen molar-refractivity contribution in [2.45, 2.75) is 17.9 Å². The Labute approximate surface area is 132 Å². The molecule has 0 saturated heterocycles. The van der Waals surface area contributed by atoms with E-state index < -0.39 is 5.82 Å². The summed E-state index contributed by atoms with van der Waals surface area (Å²) in [7, 11) is 0. The van der Waals surface area contributed by atoms with Crippen molar-refractivity contribution in [3.8, 4) is 0 Å². The number of hydrogen-bond acceptors (Lipinski definition) is 2. The lowest BCUT2D eigenvalue weighted by atomic mass is 10.1. The van der Waals surface area contributed by atoms with E-state index in [9.17, 15) is 4.39 Å². The summed E-state index contributed by atoms with van der Waals surface area (Å²) in [6, 6.07) is 10.7. The van der Waals surface area contributed by atoms with Crippen LogP contribution in [0.1, 0.15) is 18.5 Å². The summed E-state index contributed by atoms with van der Waals surface area (Å²) in [6.07, 6.45) is 2.01. The first-order chi connectivity index (χ1) is 9.52. The Kier molecular flexibility index (Phi) is 5.19. The van der Waals surface area contributed by atoms with Crippen molar-refractivity contribution in [3.63, 3.8) is 0 Å². The number of thioether (sulfide) groups is 1. The Morgan fingerprint density at radius 1 is 1.15 bits per heavy atom. The molecule has 2 aromatic rings. The Morgan fingerprint density at radius 3 is 2.55 bits per heavy atom. The van der Waals surface area contributed by atoms with Crippen LogP contribution in [0.4, 0.5) is 10.1 Å². The lowest BCUT2D eigenvalue weighted by Crippen LogP contribution is -2.08. The van der Waals surface area contributed by atoms with Crippen molar-refractivity contribution in [2.75, 3.05) is 11.6 Å². The summed E-state index contributed by atoms with van der Waals surface area (Å²) >= 11 is 13.5. The zero-order valence-corrected chi connectivity index (χ0v) is 13.4. The molecule has 1 nitrogen and oxygen atoms in total. The maximum Gasteiger partial charge on any atom is 0.142 e. The lowest BCUT2D eigenvalue weighted by Gasteiger charge is -2.19. The van der Waals surface area contributed by atoms with Gasteiger partial charge in [0.15, 0.2) is 0 Å². The maximum absolute atomic E-state index is 13.6. The number of benzene rings is 2. The fourth-order valence-electron chi connectivity index (χ4n) is 1.94. The molecule has 106 valence electrons. The predicted octanol–water partition coefficient (Wildman–Crippen LogP) is 6.03. The number of rotatable bonds is 4. The number of hydrogen-bond donors (Lipinski definition) is 1. The molecule has 0 aliphatic heterocycles. The van der Waals surface area contributed by atoms with E-state index in [-0.39, 0.29) is 11.1 Å². The van der Waals surface area contributed by atoms with Crippen LogP contribution in [0.25, 0.3) is 0 Å². The van der Waals surface area contributed by atoms with Gasteiger partial charge >= 0.3 is 0 Å². The van der Waals surface area contributed by atoms with Crippen LogP contribution in [0.2, 0.25) is 10.0 Å². The van der Waals surface area contributed by atoms with E-state index >= 15 is 0 Å². The van der Waals surface area contributed by atoms with Gasteiger partial charge in [-0.15, -0.1) is 11.8 Å². The van der Waals surface area contributed by atoms with Crippen molar-refractivity contribution in [1.82, 2.24) is 0 Å². The molecule has 2 aromatic carbocycles. The molecule has 0 aliphatic rings. The van der Waals surface area contributed by atoms with Crippen molar-refractivity contribution >= 4 is 40.7 Å². The molecule has 0 fully saturated rings. The van der Waals surface area contributed by atoms with Crippen LogP contribution in [-0.4, -0.2) is 6.26 Å². The highest BCUT2D eigenvalue weighted by Gasteiger charge is 2.14. The van der Waals surface area contributed by atoms with Gasteiger partial charge in [-0.3, -0.25) is 0 Å². The largest absolute Gasteiger partial charge is 0.378 e. The molecule has 1 atom stereocenters. The van der Waals surface area contributed by atoms with Crippen LogP contribution in [0.15, 0.2) is 41.3 Å². The maximum atomic E-state index is 13.6. The van der Waals surface area contributed by atoms with Gasteiger partial charge in [0.25, 0.3) is 0 Å². The molecular weight excluding hydrogens is 316 g/mol. The first-order valence-electron chi connectivity index (χ1n) is 6.07. The quantitative estimate of drug-likeness (QED) is 0.543. The molecule has 0 aromatic heterocycles.